The second-order valence-corrected chi connectivity index (χ2v) is 28.9. The van der Waals surface area contributed by atoms with E-state index in [1.165, 1.54) is 89.9 Å². The van der Waals surface area contributed by atoms with Gasteiger partial charge in [-0.2, -0.15) is 0 Å². The molecule has 0 bridgehead atoms. The highest BCUT2D eigenvalue weighted by molar-refractivity contribution is 7.40. The number of carbonyl (C=O) groups excluding carboxylic acids is 4. The molecule has 1 saturated heterocycles. The first-order valence-electron chi connectivity index (χ1n) is 40.1. The standard InChI is InChI=1S/C82H144O16P2/c1-5-9-13-17-20-23-26-29-32-35-38-41-47-52-58-64-79(84)90-70-75(96-81(86)66-60-54-49-43-40-37-34-31-28-25-22-19-15-11-7-3)72-94-99(88)92-68-74(83)69-93-100(89)95-73-76(71-91-80(85)65-59-53-48-42-39-36-33-30-27-24-21-18-14-10-6-2)97-82(87)67-61-55-50-45-44-46-51-57-63-78-77(98-78)62-56-16-12-8-4/h20-25,29-34,51,57,74-78,83,88-89H,5-19,26-28,35-50,52-56,58-73H2,1-4H3/b23-20+,24-21+,25-22+,32-29+,33-30+,34-31+,57-51+. The van der Waals surface area contributed by atoms with E-state index in [1.807, 2.05) is 0 Å². The SMILES string of the molecule is CCCCC/C=C/C/C=C/CCCCCCCC(=O)OCC(COP(O)OCC(O)COP(O)OCC(COC(=O)CCCCCCC/C=C/C/C=C/CCCCC)OC(=O)CCCCCCC/C=C/CC1OC1CCCCCC)OC(=O)CCCCCCC/C=C/C/C=C/CCCCC. The van der Waals surface area contributed by atoms with Crippen molar-refractivity contribution in [2.24, 2.45) is 0 Å². The summed E-state index contributed by atoms with van der Waals surface area (Å²) >= 11 is 0. The van der Waals surface area contributed by atoms with E-state index in [1.54, 1.807) is 0 Å². The van der Waals surface area contributed by atoms with Crippen LogP contribution in [0.1, 0.15) is 342 Å². The number of allylic oxidation sites excluding steroid dienone is 13. The van der Waals surface area contributed by atoms with Gasteiger partial charge in [0, 0.05) is 25.7 Å². The van der Waals surface area contributed by atoms with Crippen LogP contribution in [0.2, 0.25) is 0 Å². The van der Waals surface area contributed by atoms with Crippen molar-refractivity contribution in [2.75, 3.05) is 39.6 Å². The van der Waals surface area contributed by atoms with E-state index in [-0.39, 0.29) is 52.1 Å². The zero-order valence-electron chi connectivity index (χ0n) is 63.4. The minimum Gasteiger partial charge on any atom is -0.462 e. The quantitative estimate of drug-likeness (QED) is 0.0129. The molecule has 0 aromatic heterocycles. The molecular formula is C82H144O16P2. The molecule has 100 heavy (non-hydrogen) atoms. The van der Waals surface area contributed by atoms with Crippen LogP contribution in [-0.2, 0) is 61.0 Å². The van der Waals surface area contributed by atoms with Crippen LogP contribution in [0, 0.1) is 0 Å². The molecule has 1 rings (SSSR count). The Balaban J connectivity index is 2.66. The van der Waals surface area contributed by atoms with Gasteiger partial charge in [0.25, 0.3) is 0 Å². The number of unbranched alkanes of at least 4 members (excludes halogenated alkanes) is 32. The molecule has 18 heteroatoms. The Bertz CT molecular complexity index is 2100. The fourth-order valence-electron chi connectivity index (χ4n) is 11.0. The molecule has 1 aliphatic heterocycles. The summed E-state index contributed by atoms with van der Waals surface area (Å²) in [5.74, 6) is -1.76. The summed E-state index contributed by atoms with van der Waals surface area (Å²) in [4.78, 5) is 73.1. The average Bonchev–Trinajstić information content (AvgIpc) is 1.71. The molecule has 7 unspecified atom stereocenters. The van der Waals surface area contributed by atoms with Gasteiger partial charge in [-0.1, -0.05) is 254 Å². The van der Waals surface area contributed by atoms with Crippen molar-refractivity contribution < 1.29 is 75.9 Å². The van der Waals surface area contributed by atoms with Crippen LogP contribution < -0.4 is 0 Å². The van der Waals surface area contributed by atoms with E-state index in [2.05, 4.69) is 113 Å². The Morgan fingerprint density at radius 1 is 0.330 bits per heavy atom. The molecule has 1 heterocycles. The largest absolute Gasteiger partial charge is 0.462 e. The van der Waals surface area contributed by atoms with Gasteiger partial charge >= 0.3 is 41.1 Å². The molecule has 0 spiro atoms. The lowest BCUT2D eigenvalue weighted by molar-refractivity contribution is -0.161. The van der Waals surface area contributed by atoms with Crippen LogP contribution in [0.3, 0.4) is 0 Å². The van der Waals surface area contributed by atoms with Gasteiger partial charge in [0.15, 0.2) is 12.2 Å². The number of ether oxygens (including phenoxy) is 5. The van der Waals surface area contributed by atoms with Gasteiger partial charge in [-0.15, -0.1) is 0 Å². The minimum atomic E-state index is -2.59. The van der Waals surface area contributed by atoms with Crippen LogP contribution in [-0.4, -0.2) is 109 Å². The Labute approximate surface area is 611 Å². The van der Waals surface area contributed by atoms with Crippen molar-refractivity contribution in [1.82, 2.24) is 0 Å². The van der Waals surface area contributed by atoms with E-state index in [0.29, 0.717) is 37.9 Å². The molecule has 1 aliphatic rings. The predicted molar refractivity (Wildman–Crippen MR) is 411 cm³/mol. The lowest BCUT2D eigenvalue weighted by Gasteiger charge is -2.21. The summed E-state index contributed by atoms with van der Waals surface area (Å²) < 4.78 is 50.1. The lowest BCUT2D eigenvalue weighted by Crippen LogP contribution is -2.29. The molecule has 7 atom stereocenters. The zero-order valence-corrected chi connectivity index (χ0v) is 65.2. The summed E-state index contributed by atoms with van der Waals surface area (Å²) in [7, 11) is -5.18. The second-order valence-electron chi connectivity index (χ2n) is 26.9. The van der Waals surface area contributed by atoms with Crippen molar-refractivity contribution in [3.05, 3.63) is 85.1 Å². The highest BCUT2D eigenvalue weighted by Crippen LogP contribution is 2.36. The van der Waals surface area contributed by atoms with Gasteiger partial charge in [-0.05, 0) is 148 Å². The minimum absolute atomic E-state index is 0.179. The molecule has 0 radical (unpaired) electrons. The Kier molecular flexibility index (Phi) is 69.9. The number of carbonyl (C=O) groups is 4. The Hall–Kier alpha value is -3.40. The third-order valence-electron chi connectivity index (χ3n) is 17.3. The number of aliphatic hydroxyl groups excluding tert-OH is 1. The summed E-state index contributed by atoms with van der Waals surface area (Å²) in [6, 6.07) is 0. The van der Waals surface area contributed by atoms with Crippen molar-refractivity contribution in [2.45, 2.75) is 373 Å². The summed E-state index contributed by atoms with van der Waals surface area (Å²) in [6.45, 7) is 6.79. The predicted octanol–water partition coefficient (Wildman–Crippen LogP) is 22.6. The molecule has 3 N–H and O–H groups in total. The summed E-state index contributed by atoms with van der Waals surface area (Å²) in [6.07, 6.45) is 77.7. The van der Waals surface area contributed by atoms with Gasteiger partial charge in [0.05, 0.1) is 38.6 Å². The molecule has 0 amide bonds. The molecule has 0 saturated carbocycles. The van der Waals surface area contributed by atoms with Gasteiger partial charge in [-0.25, -0.2) is 0 Å². The van der Waals surface area contributed by atoms with Gasteiger partial charge < -0.3 is 56.7 Å². The molecule has 0 aliphatic carbocycles. The van der Waals surface area contributed by atoms with E-state index in [9.17, 15) is 34.1 Å². The van der Waals surface area contributed by atoms with E-state index in [0.717, 1.165) is 173 Å². The third-order valence-corrected chi connectivity index (χ3v) is 18.7. The van der Waals surface area contributed by atoms with Crippen LogP contribution in [0.15, 0.2) is 85.1 Å². The molecule has 0 aromatic carbocycles. The lowest BCUT2D eigenvalue weighted by atomic mass is 10.1. The van der Waals surface area contributed by atoms with Crippen LogP contribution >= 0.6 is 17.2 Å². The first-order chi connectivity index (χ1) is 49.0. The molecule has 1 fully saturated rings. The fraction of sp³-hybridized carbons (Fsp3) is 0.780. The average molecular weight is 1450 g/mol. The van der Waals surface area contributed by atoms with E-state index < -0.39 is 72.6 Å². The topological polar surface area (TPSA) is 215 Å². The molecule has 578 valence electrons. The Morgan fingerprint density at radius 2 is 0.610 bits per heavy atom. The monoisotopic (exact) mass is 1450 g/mol. The van der Waals surface area contributed by atoms with Gasteiger partial charge in [-0.3, -0.25) is 19.2 Å². The summed E-state index contributed by atoms with van der Waals surface area (Å²) in [5, 5.41) is 10.7. The first-order valence-corrected chi connectivity index (χ1v) is 42.3. The fourth-order valence-corrected chi connectivity index (χ4v) is 12.4. The molecular weight excluding hydrogens is 1300 g/mol. The van der Waals surface area contributed by atoms with Crippen molar-refractivity contribution >= 4 is 41.1 Å². The number of rotatable bonds is 75. The number of esters is 4. The Morgan fingerprint density at radius 3 is 0.960 bits per heavy atom. The highest BCUT2D eigenvalue weighted by Gasteiger charge is 2.36. The maximum Gasteiger partial charge on any atom is 0.330 e. The van der Waals surface area contributed by atoms with E-state index >= 15 is 0 Å². The maximum absolute atomic E-state index is 13.1. The summed E-state index contributed by atoms with van der Waals surface area (Å²) in [5.41, 5.74) is 0. The van der Waals surface area contributed by atoms with E-state index in [4.69, 9.17) is 41.8 Å². The van der Waals surface area contributed by atoms with Gasteiger partial charge in [0.2, 0.25) is 0 Å². The number of aliphatic hydroxyl groups is 1. The van der Waals surface area contributed by atoms with Crippen molar-refractivity contribution in [3.8, 4) is 0 Å². The highest BCUT2D eigenvalue weighted by atomic mass is 31.2. The smallest absolute Gasteiger partial charge is 0.330 e. The number of hydrogen-bond donors (Lipinski definition) is 3. The molecule has 16 nitrogen and oxygen atoms in total. The zero-order chi connectivity index (χ0) is 72.5. The van der Waals surface area contributed by atoms with Crippen LogP contribution in [0.25, 0.3) is 0 Å². The van der Waals surface area contributed by atoms with Crippen molar-refractivity contribution in [3.63, 3.8) is 0 Å². The third kappa shape index (κ3) is 67.8. The first kappa shape index (κ1) is 94.6. The number of epoxide rings is 1. The van der Waals surface area contributed by atoms with Crippen LogP contribution in [0.5, 0.6) is 0 Å². The normalized spacial score (nSPS) is 15.8. The molecule has 0 aromatic rings. The second kappa shape index (κ2) is 73.9. The van der Waals surface area contributed by atoms with Crippen molar-refractivity contribution in [1.29, 1.82) is 0 Å². The maximum atomic E-state index is 13.1. The number of hydrogen-bond acceptors (Lipinski definition) is 16. The van der Waals surface area contributed by atoms with Gasteiger partial charge in [0.1, 0.15) is 19.3 Å². The van der Waals surface area contributed by atoms with Crippen LogP contribution in [0.4, 0.5) is 0 Å².